The third kappa shape index (κ3) is 3.61. The SMILES string of the molecule is CCn1c(-c2ccnc(Oc3ccccc3)n2)c(-c2ccc(F)cc2)c(=O)n1CC. The van der Waals surface area contributed by atoms with Gasteiger partial charge in [0.05, 0.1) is 17.0 Å². The second kappa shape index (κ2) is 8.32. The standard InChI is InChI=1S/C23H21FN4O2/c1-3-27-21(19-14-15-25-23(26-19)30-18-8-6-5-7-9-18)20(22(29)28(27)4-2)16-10-12-17(24)13-11-16/h5-15H,3-4H2,1-2H3. The van der Waals surface area contributed by atoms with Crippen LogP contribution < -0.4 is 10.3 Å². The van der Waals surface area contributed by atoms with E-state index in [1.54, 1.807) is 29.1 Å². The minimum atomic E-state index is -0.355. The first-order valence-corrected chi connectivity index (χ1v) is 9.78. The van der Waals surface area contributed by atoms with E-state index < -0.39 is 0 Å². The Morgan fingerprint density at radius 1 is 0.933 bits per heavy atom. The molecular formula is C23H21FN4O2. The maximum Gasteiger partial charge on any atom is 0.322 e. The summed E-state index contributed by atoms with van der Waals surface area (Å²) in [5.41, 5.74) is 2.17. The van der Waals surface area contributed by atoms with Crippen LogP contribution in [0.1, 0.15) is 13.8 Å². The van der Waals surface area contributed by atoms with Gasteiger partial charge in [-0.3, -0.25) is 9.48 Å². The Bertz CT molecular complexity index is 1210. The van der Waals surface area contributed by atoms with Crippen molar-refractivity contribution in [3.63, 3.8) is 0 Å². The van der Waals surface area contributed by atoms with Crippen LogP contribution in [0.2, 0.25) is 0 Å². The monoisotopic (exact) mass is 404 g/mol. The summed E-state index contributed by atoms with van der Waals surface area (Å²) in [4.78, 5) is 22.0. The van der Waals surface area contributed by atoms with Gasteiger partial charge in [0, 0.05) is 19.3 Å². The molecule has 4 aromatic rings. The average Bonchev–Trinajstić information content (AvgIpc) is 3.06. The number of rotatable bonds is 6. The van der Waals surface area contributed by atoms with Crippen LogP contribution in [0.25, 0.3) is 22.5 Å². The zero-order valence-electron chi connectivity index (χ0n) is 16.7. The number of nitrogens with zero attached hydrogens (tertiary/aromatic N) is 4. The molecule has 2 heterocycles. The van der Waals surface area contributed by atoms with Crippen molar-refractivity contribution in [2.75, 3.05) is 0 Å². The van der Waals surface area contributed by atoms with Gasteiger partial charge < -0.3 is 4.74 Å². The molecule has 0 atom stereocenters. The number of aromatic nitrogens is 4. The molecule has 6 nitrogen and oxygen atoms in total. The minimum absolute atomic E-state index is 0.148. The van der Waals surface area contributed by atoms with Crippen LogP contribution in [0.5, 0.6) is 11.8 Å². The first-order chi connectivity index (χ1) is 14.6. The fourth-order valence-electron chi connectivity index (χ4n) is 3.49. The Hall–Kier alpha value is -3.74. The smallest absolute Gasteiger partial charge is 0.322 e. The fraction of sp³-hybridized carbons (Fsp3) is 0.174. The van der Waals surface area contributed by atoms with E-state index in [1.165, 1.54) is 12.1 Å². The van der Waals surface area contributed by atoms with E-state index >= 15 is 0 Å². The van der Waals surface area contributed by atoms with E-state index in [4.69, 9.17) is 4.74 Å². The van der Waals surface area contributed by atoms with E-state index in [2.05, 4.69) is 9.97 Å². The minimum Gasteiger partial charge on any atom is -0.424 e. The molecule has 0 fully saturated rings. The summed E-state index contributed by atoms with van der Waals surface area (Å²) in [6, 6.07) is 17.1. The number of benzene rings is 2. The van der Waals surface area contributed by atoms with Gasteiger partial charge in [-0.05, 0) is 49.7 Å². The Labute approximate surface area is 173 Å². The quantitative estimate of drug-likeness (QED) is 0.465. The molecule has 0 spiro atoms. The van der Waals surface area contributed by atoms with Crippen LogP contribution in [0, 0.1) is 5.82 Å². The zero-order chi connectivity index (χ0) is 21.1. The molecule has 0 aliphatic rings. The molecule has 0 N–H and O–H groups in total. The van der Waals surface area contributed by atoms with Crippen molar-refractivity contribution in [2.24, 2.45) is 0 Å². The van der Waals surface area contributed by atoms with Crippen LogP contribution in [-0.2, 0) is 13.1 Å². The van der Waals surface area contributed by atoms with Crippen LogP contribution in [0.15, 0.2) is 71.7 Å². The highest BCUT2D eigenvalue weighted by atomic mass is 19.1. The molecule has 2 aromatic heterocycles. The summed E-state index contributed by atoms with van der Waals surface area (Å²) in [6.07, 6.45) is 1.60. The molecule has 0 aliphatic carbocycles. The van der Waals surface area contributed by atoms with E-state index in [9.17, 15) is 9.18 Å². The molecule has 4 rings (SSSR count). The molecule has 30 heavy (non-hydrogen) atoms. The molecule has 0 radical (unpaired) electrons. The molecular weight excluding hydrogens is 383 g/mol. The lowest BCUT2D eigenvalue weighted by Crippen LogP contribution is -2.22. The van der Waals surface area contributed by atoms with E-state index in [1.807, 2.05) is 48.9 Å². The summed E-state index contributed by atoms with van der Waals surface area (Å²) >= 11 is 0. The summed E-state index contributed by atoms with van der Waals surface area (Å²) in [5, 5.41) is 0. The van der Waals surface area contributed by atoms with Crippen molar-refractivity contribution in [1.29, 1.82) is 0 Å². The second-order valence-electron chi connectivity index (χ2n) is 6.61. The maximum absolute atomic E-state index is 13.5. The first-order valence-electron chi connectivity index (χ1n) is 9.78. The lowest BCUT2D eigenvalue weighted by molar-refractivity contribution is 0.441. The first kappa shape index (κ1) is 19.6. The molecule has 0 unspecified atom stereocenters. The molecule has 2 aromatic carbocycles. The van der Waals surface area contributed by atoms with Gasteiger partial charge in [0.25, 0.3) is 5.56 Å². The number of hydrogen-bond acceptors (Lipinski definition) is 4. The number of para-hydroxylation sites is 1. The van der Waals surface area contributed by atoms with Gasteiger partial charge in [0.2, 0.25) is 0 Å². The van der Waals surface area contributed by atoms with Crippen molar-refractivity contribution >= 4 is 0 Å². The molecule has 0 aliphatic heterocycles. The largest absolute Gasteiger partial charge is 0.424 e. The third-order valence-corrected chi connectivity index (χ3v) is 4.80. The van der Waals surface area contributed by atoms with Gasteiger partial charge in [-0.15, -0.1) is 0 Å². The number of ether oxygens (including phenoxy) is 1. The summed E-state index contributed by atoms with van der Waals surface area (Å²) in [6.45, 7) is 4.94. The van der Waals surface area contributed by atoms with Gasteiger partial charge in [-0.1, -0.05) is 30.3 Å². The number of halogens is 1. The van der Waals surface area contributed by atoms with Crippen molar-refractivity contribution in [1.82, 2.24) is 19.3 Å². The van der Waals surface area contributed by atoms with Gasteiger partial charge in [-0.2, -0.15) is 4.98 Å². The van der Waals surface area contributed by atoms with E-state index in [-0.39, 0.29) is 17.4 Å². The van der Waals surface area contributed by atoms with Gasteiger partial charge >= 0.3 is 6.01 Å². The normalized spacial score (nSPS) is 10.9. The highest BCUT2D eigenvalue weighted by Crippen LogP contribution is 2.30. The lowest BCUT2D eigenvalue weighted by Gasteiger charge is -2.12. The van der Waals surface area contributed by atoms with Crippen LogP contribution >= 0.6 is 0 Å². The van der Waals surface area contributed by atoms with Crippen LogP contribution in [0.4, 0.5) is 4.39 Å². The van der Waals surface area contributed by atoms with Crippen molar-refractivity contribution in [3.8, 4) is 34.3 Å². The summed E-state index contributed by atoms with van der Waals surface area (Å²) in [5.74, 6) is 0.263. The highest BCUT2D eigenvalue weighted by Gasteiger charge is 2.23. The topological polar surface area (TPSA) is 61.9 Å². The molecule has 0 saturated heterocycles. The Morgan fingerprint density at radius 2 is 1.63 bits per heavy atom. The molecule has 152 valence electrons. The fourth-order valence-corrected chi connectivity index (χ4v) is 3.49. The Balaban J connectivity index is 1.89. The van der Waals surface area contributed by atoms with E-state index in [0.717, 1.165) is 0 Å². The molecule has 0 amide bonds. The van der Waals surface area contributed by atoms with Gasteiger partial charge in [0.1, 0.15) is 11.6 Å². The van der Waals surface area contributed by atoms with Crippen molar-refractivity contribution in [2.45, 2.75) is 26.9 Å². The third-order valence-electron chi connectivity index (χ3n) is 4.80. The summed E-state index contributed by atoms with van der Waals surface area (Å²) in [7, 11) is 0. The second-order valence-corrected chi connectivity index (χ2v) is 6.61. The Kier molecular flexibility index (Phi) is 5.43. The molecule has 0 saturated carbocycles. The average molecular weight is 404 g/mol. The highest BCUT2D eigenvalue weighted by molar-refractivity contribution is 5.79. The predicted octanol–water partition coefficient (Wildman–Crippen LogP) is 4.75. The van der Waals surface area contributed by atoms with Gasteiger partial charge in [0.15, 0.2) is 0 Å². The van der Waals surface area contributed by atoms with Crippen LogP contribution in [-0.4, -0.2) is 19.3 Å². The number of hydrogen-bond donors (Lipinski definition) is 0. The maximum atomic E-state index is 13.5. The van der Waals surface area contributed by atoms with Crippen LogP contribution in [0.3, 0.4) is 0 Å². The van der Waals surface area contributed by atoms with Crippen molar-refractivity contribution in [3.05, 3.63) is 83.0 Å². The summed E-state index contributed by atoms with van der Waals surface area (Å²) < 4.78 is 22.8. The Morgan fingerprint density at radius 3 is 2.30 bits per heavy atom. The molecule has 0 bridgehead atoms. The zero-order valence-corrected chi connectivity index (χ0v) is 16.7. The molecule has 7 heteroatoms. The van der Waals surface area contributed by atoms with Crippen molar-refractivity contribution < 1.29 is 9.13 Å². The van der Waals surface area contributed by atoms with Gasteiger partial charge in [-0.25, -0.2) is 14.1 Å². The van der Waals surface area contributed by atoms with E-state index in [0.29, 0.717) is 41.4 Å². The predicted molar refractivity (Wildman–Crippen MR) is 113 cm³/mol. The lowest BCUT2D eigenvalue weighted by atomic mass is 10.0.